The smallest absolute Gasteiger partial charge is 0.237 e. The first kappa shape index (κ1) is 33.0. The first-order chi connectivity index (χ1) is 22.7. The summed E-state index contributed by atoms with van der Waals surface area (Å²) >= 11 is 14.1. The molecule has 11 nitrogen and oxygen atoms in total. The minimum Gasteiger partial charge on any atom is -0.480 e. The third-order valence-corrected chi connectivity index (χ3v) is 9.36. The third-order valence-electron chi connectivity index (χ3n) is 8.55. The van der Waals surface area contributed by atoms with Gasteiger partial charge in [-0.15, -0.1) is 0 Å². The van der Waals surface area contributed by atoms with Crippen LogP contribution in [0.4, 0.5) is 0 Å². The maximum Gasteiger partial charge on any atom is 0.237 e. The van der Waals surface area contributed by atoms with Crippen LogP contribution in [0.25, 0.3) is 33.6 Å². The summed E-state index contributed by atoms with van der Waals surface area (Å²) in [6, 6.07) is 11.7. The lowest BCUT2D eigenvalue weighted by Gasteiger charge is -2.41. The molecule has 2 aliphatic rings. The van der Waals surface area contributed by atoms with Crippen molar-refractivity contribution in [1.82, 2.24) is 35.9 Å². The lowest BCUT2D eigenvalue weighted by atomic mass is 9.77. The van der Waals surface area contributed by atoms with E-state index in [1.807, 2.05) is 43.3 Å². The quantitative estimate of drug-likeness (QED) is 0.162. The fourth-order valence-corrected chi connectivity index (χ4v) is 6.73. The molecule has 13 heteroatoms. The van der Waals surface area contributed by atoms with E-state index in [4.69, 9.17) is 42.6 Å². The van der Waals surface area contributed by atoms with Gasteiger partial charge in [-0.05, 0) is 26.2 Å². The van der Waals surface area contributed by atoms with Gasteiger partial charge in [0.15, 0.2) is 0 Å². The largest absolute Gasteiger partial charge is 0.480 e. The van der Waals surface area contributed by atoms with Crippen LogP contribution in [-0.4, -0.2) is 69.4 Å². The Hall–Kier alpha value is -3.87. The van der Waals surface area contributed by atoms with Crippen molar-refractivity contribution in [2.24, 2.45) is 0 Å². The van der Waals surface area contributed by atoms with Gasteiger partial charge < -0.3 is 30.5 Å². The monoisotopic (exact) mass is 677 g/mol. The van der Waals surface area contributed by atoms with E-state index in [9.17, 15) is 9.90 Å². The minimum absolute atomic E-state index is 0.0821. The summed E-state index contributed by atoms with van der Waals surface area (Å²) in [7, 11) is 3.12. The first-order valence-corrected chi connectivity index (χ1v) is 16.2. The van der Waals surface area contributed by atoms with Gasteiger partial charge in [0.1, 0.15) is 11.4 Å². The molecule has 2 fully saturated rings. The van der Waals surface area contributed by atoms with Crippen LogP contribution in [-0.2, 0) is 17.9 Å². The number of rotatable bonds is 12. The van der Waals surface area contributed by atoms with E-state index < -0.39 is 5.60 Å². The molecular weight excluding hydrogens is 641 g/mol. The van der Waals surface area contributed by atoms with Crippen LogP contribution >= 0.6 is 23.2 Å². The molecule has 4 N–H and O–H groups in total. The maximum absolute atomic E-state index is 11.5. The van der Waals surface area contributed by atoms with Crippen molar-refractivity contribution in [3.05, 3.63) is 70.2 Å². The van der Waals surface area contributed by atoms with Gasteiger partial charge in [-0.2, -0.15) is 0 Å². The molecule has 1 aliphatic carbocycles. The Labute approximate surface area is 283 Å². The van der Waals surface area contributed by atoms with Crippen LogP contribution in [0, 0.1) is 0 Å². The van der Waals surface area contributed by atoms with Crippen molar-refractivity contribution in [2.75, 3.05) is 20.8 Å². The molecule has 3 heterocycles. The predicted molar refractivity (Wildman–Crippen MR) is 180 cm³/mol. The number of aromatic nitrogens is 4. The topological polar surface area (TPSA) is 143 Å². The lowest BCUT2D eigenvalue weighted by molar-refractivity contribution is -0.119. The number of amides is 1. The number of benzene rings is 2. The zero-order valence-electron chi connectivity index (χ0n) is 26.4. The second kappa shape index (κ2) is 14.1. The van der Waals surface area contributed by atoms with Crippen molar-refractivity contribution in [3.63, 3.8) is 0 Å². The van der Waals surface area contributed by atoms with Crippen molar-refractivity contribution in [2.45, 2.75) is 63.4 Å². The van der Waals surface area contributed by atoms with Crippen molar-refractivity contribution in [3.8, 4) is 45.4 Å². The number of nitrogens with one attached hydrogen (secondary N) is 3. The van der Waals surface area contributed by atoms with E-state index >= 15 is 0 Å². The molecule has 47 heavy (non-hydrogen) atoms. The third kappa shape index (κ3) is 7.34. The predicted octanol–water partition coefficient (Wildman–Crippen LogP) is 4.96. The number of carbonyl (C=O) groups is 1. The average molecular weight is 679 g/mol. The molecule has 0 bridgehead atoms. The summed E-state index contributed by atoms with van der Waals surface area (Å²) in [5.41, 5.74) is 4.63. The van der Waals surface area contributed by atoms with Gasteiger partial charge in [0.25, 0.3) is 0 Å². The van der Waals surface area contributed by atoms with Crippen LogP contribution in [0.15, 0.2) is 48.8 Å². The average Bonchev–Trinajstić information content (AvgIpc) is 3.47. The second-order valence-corrected chi connectivity index (χ2v) is 12.9. The molecule has 1 aliphatic heterocycles. The Morgan fingerprint density at radius 3 is 1.91 bits per heavy atom. The molecule has 4 aromatic rings. The lowest BCUT2D eigenvalue weighted by Crippen LogP contribution is -2.51. The highest BCUT2D eigenvalue weighted by Gasteiger charge is 2.38. The van der Waals surface area contributed by atoms with Crippen LogP contribution in [0.2, 0.25) is 10.0 Å². The van der Waals surface area contributed by atoms with Gasteiger partial charge in [0.2, 0.25) is 17.7 Å². The molecule has 0 unspecified atom stereocenters. The summed E-state index contributed by atoms with van der Waals surface area (Å²) < 4.78 is 11.1. The molecule has 1 amide bonds. The number of aliphatic hydroxyl groups is 1. The van der Waals surface area contributed by atoms with Crippen molar-refractivity contribution >= 4 is 29.1 Å². The number of halogens is 2. The van der Waals surface area contributed by atoms with Gasteiger partial charge in [-0.1, -0.05) is 59.6 Å². The molecule has 0 radical (unpaired) electrons. The summed E-state index contributed by atoms with van der Waals surface area (Å²) in [6.45, 7) is 3.38. The Bertz CT molecular complexity index is 1780. The normalized spacial score (nSPS) is 20.5. The van der Waals surface area contributed by atoms with E-state index in [1.54, 1.807) is 26.6 Å². The number of ether oxygens (including phenoxy) is 2. The van der Waals surface area contributed by atoms with Gasteiger partial charge in [0.05, 0.1) is 53.6 Å². The molecule has 6 rings (SSSR count). The highest BCUT2D eigenvalue weighted by atomic mass is 35.5. The summed E-state index contributed by atoms with van der Waals surface area (Å²) in [4.78, 5) is 30.2. The molecule has 1 saturated heterocycles. The van der Waals surface area contributed by atoms with Gasteiger partial charge >= 0.3 is 0 Å². The number of hydrogen-bond acceptors (Lipinski definition) is 10. The van der Waals surface area contributed by atoms with E-state index in [1.165, 1.54) is 0 Å². The Balaban J connectivity index is 1.22. The number of hydrogen-bond donors (Lipinski definition) is 4. The molecule has 246 valence electrons. The highest BCUT2D eigenvalue weighted by molar-refractivity contribution is 6.39. The van der Waals surface area contributed by atoms with Gasteiger partial charge in [-0.25, -0.2) is 9.97 Å². The van der Waals surface area contributed by atoms with E-state index in [0.717, 1.165) is 17.5 Å². The number of nitrogens with zero attached hydrogens (tertiary/aromatic N) is 4. The SMILES string of the molecule is COc1nc(-c2cccc(-c3cccc(-c4cnc(CN[C@H]5C[C@@](C)(O)C5)c(OC)n4)c3Cl)c2Cl)cnc1CNC[C@@H]1CCC(=O)N1. The van der Waals surface area contributed by atoms with Crippen molar-refractivity contribution < 1.29 is 19.4 Å². The summed E-state index contributed by atoms with van der Waals surface area (Å²) in [5, 5.41) is 20.6. The first-order valence-electron chi connectivity index (χ1n) is 15.5. The van der Waals surface area contributed by atoms with Gasteiger partial charge in [-0.3, -0.25) is 14.8 Å². The van der Waals surface area contributed by atoms with Crippen molar-refractivity contribution in [1.29, 1.82) is 0 Å². The second-order valence-electron chi connectivity index (χ2n) is 12.2. The number of carbonyl (C=O) groups excluding carboxylic acids is 1. The molecule has 1 saturated carbocycles. The molecular formula is C34H37Cl2N7O4. The summed E-state index contributed by atoms with van der Waals surface area (Å²) in [5.74, 6) is 0.871. The van der Waals surface area contributed by atoms with E-state index in [0.29, 0.717) is 94.6 Å². The van der Waals surface area contributed by atoms with E-state index in [-0.39, 0.29) is 18.0 Å². The standard InChI is InChI=1S/C34H37Cl2N7O4/c1-34(45)12-20(13-34)38-18-28-33(47-3)43-26(17-40-28)24-9-5-7-22(31(24)36)21-6-4-8-23(30(21)35)25-16-39-27(32(42-25)46-2)15-37-14-19-10-11-29(44)41-19/h4-9,16-17,19-20,37-38,45H,10-15,18H2,1-3H3,(H,41,44)/t19-,20-,34+/m0/s1. The Morgan fingerprint density at radius 2 is 1.43 bits per heavy atom. The van der Waals surface area contributed by atoms with Gasteiger partial charge in [0, 0.05) is 60.4 Å². The fourth-order valence-electron chi connectivity index (χ4n) is 6.08. The Morgan fingerprint density at radius 1 is 0.894 bits per heavy atom. The van der Waals surface area contributed by atoms with E-state index in [2.05, 4.69) is 25.9 Å². The zero-order chi connectivity index (χ0) is 33.1. The minimum atomic E-state index is -0.610. The molecule has 0 spiro atoms. The van der Waals surface area contributed by atoms with Crippen LogP contribution < -0.4 is 25.4 Å². The molecule has 1 atom stereocenters. The molecule has 2 aromatic carbocycles. The zero-order valence-corrected chi connectivity index (χ0v) is 28.0. The maximum atomic E-state index is 11.5. The highest BCUT2D eigenvalue weighted by Crippen LogP contribution is 2.42. The van der Waals surface area contributed by atoms with Crippen LogP contribution in [0.5, 0.6) is 11.8 Å². The fraction of sp³-hybridized carbons (Fsp3) is 0.382. The van der Waals surface area contributed by atoms with Crippen LogP contribution in [0.3, 0.4) is 0 Å². The molecule has 2 aromatic heterocycles. The summed E-state index contributed by atoms with van der Waals surface area (Å²) in [6.07, 6.45) is 6.11. The Kier molecular flexibility index (Phi) is 9.90. The van der Waals surface area contributed by atoms with Crippen LogP contribution in [0.1, 0.15) is 44.0 Å². The number of methoxy groups -OCH3 is 2.